The Morgan fingerprint density at radius 3 is 2.82 bits per heavy atom. The maximum absolute atomic E-state index is 12.6. The van der Waals surface area contributed by atoms with E-state index >= 15 is 0 Å². The topological polar surface area (TPSA) is 66.8 Å². The van der Waals surface area contributed by atoms with E-state index in [9.17, 15) is 9.59 Å². The summed E-state index contributed by atoms with van der Waals surface area (Å²) in [5.41, 5.74) is 0.557. The molecule has 22 heavy (non-hydrogen) atoms. The van der Waals surface area contributed by atoms with Gasteiger partial charge in [-0.2, -0.15) is 0 Å². The van der Waals surface area contributed by atoms with Crippen molar-refractivity contribution in [1.82, 2.24) is 4.90 Å². The maximum atomic E-state index is 12.6. The van der Waals surface area contributed by atoms with E-state index in [1.807, 2.05) is 6.07 Å². The number of carbonyl (C=O) groups excluding carboxylic acids is 1. The molecule has 1 aliphatic heterocycles. The highest BCUT2D eigenvalue weighted by Crippen LogP contribution is 2.28. The number of carbonyl (C=O) groups is 2. The van der Waals surface area contributed by atoms with Crippen molar-refractivity contribution in [3.05, 3.63) is 29.8 Å². The van der Waals surface area contributed by atoms with Crippen LogP contribution in [0, 0.1) is 5.92 Å². The molecule has 6 heteroatoms. The minimum atomic E-state index is -0.885. The molecule has 0 spiro atoms. The van der Waals surface area contributed by atoms with Gasteiger partial charge in [0.15, 0.2) is 0 Å². The van der Waals surface area contributed by atoms with E-state index in [4.69, 9.17) is 9.84 Å². The smallest absolute Gasteiger partial charge is 0.316 e. The van der Waals surface area contributed by atoms with Crippen molar-refractivity contribution < 1.29 is 19.4 Å². The number of rotatable bonds is 6. The van der Waals surface area contributed by atoms with Crippen LogP contribution in [-0.4, -0.2) is 53.9 Å². The van der Waals surface area contributed by atoms with E-state index in [-0.39, 0.29) is 5.91 Å². The zero-order valence-corrected chi connectivity index (χ0v) is 13.6. The summed E-state index contributed by atoms with van der Waals surface area (Å²) in [6, 6.07) is 7.17. The van der Waals surface area contributed by atoms with Gasteiger partial charge in [0, 0.05) is 31.0 Å². The lowest BCUT2D eigenvalue weighted by atomic mass is 10.1. The van der Waals surface area contributed by atoms with Gasteiger partial charge < -0.3 is 14.7 Å². The van der Waals surface area contributed by atoms with Gasteiger partial charge in [-0.15, -0.1) is 11.8 Å². The fourth-order valence-electron chi connectivity index (χ4n) is 2.39. The van der Waals surface area contributed by atoms with Crippen molar-refractivity contribution >= 4 is 23.6 Å². The highest BCUT2D eigenvalue weighted by Gasteiger charge is 2.23. The Bertz CT molecular complexity index is 543. The number of carboxylic acid groups (broad SMARTS) is 1. The van der Waals surface area contributed by atoms with Gasteiger partial charge in [0.05, 0.1) is 12.2 Å². The fraction of sp³-hybridized carbons (Fsp3) is 0.500. The van der Waals surface area contributed by atoms with Crippen molar-refractivity contribution in [2.24, 2.45) is 5.92 Å². The number of carboxylic acids is 1. The van der Waals surface area contributed by atoms with E-state index in [2.05, 4.69) is 0 Å². The number of hydrogen-bond donors (Lipinski definition) is 1. The van der Waals surface area contributed by atoms with E-state index in [1.165, 1.54) is 11.8 Å². The van der Waals surface area contributed by atoms with Crippen LogP contribution in [0.4, 0.5) is 0 Å². The second-order valence-corrected chi connectivity index (χ2v) is 6.89. The molecule has 0 radical (unpaired) electrons. The maximum Gasteiger partial charge on any atom is 0.316 e. The zero-order chi connectivity index (χ0) is 16.1. The first kappa shape index (κ1) is 16.8. The molecule has 0 aromatic heterocycles. The van der Waals surface area contributed by atoms with Crippen molar-refractivity contribution in [3.63, 3.8) is 0 Å². The van der Waals surface area contributed by atoms with Crippen molar-refractivity contribution in [2.75, 3.05) is 26.8 Å². The van der Waals surface area contributed by atoms with Gasteiger partial charge in [0.25, 0.3) is 5.91 Å². The van der Waals surface area contributed by atoms with Crippen LogP contribution in [0.5, 0.6) is 0 Å². The first-order valence-corrected chi connectivity index (χ1v) is 8.18. The van der Waals surface area contributed by atoms with Gasteiger partial charge >= 0.3 is 5.97 Å². The molecule has 2 atom stereocenters. The van der Waals surface area contributed by atoms with E-state index in [0.717, 1.165) is 13.0 Å². The number of thioether (sulfide) groups is 1. The second kappa shape index (κ2) is 7.65. The van der Waals surface area contributed by atoms with Crippen LogP contribution in [0.1, 0.15) is 23.7 Å². The Morgan fingerprint density at radius 1 is 1.45 bits per heavy atom. The van der Waals surface area contributed by atoms with Gasteiger partial charge in [-0.25, -0.2) is 0 Å². The monoisotopic (exact) mass is 323 g/mol. The third kappa shape index (κ3) is 4.24. The lowest BCUT2D eigenvalue weighted by Crippen LogP contribution is -2.32. The van der Waals surface area contributed by atoms with Gasteiger partial charge in [-0.3, -0.25) is 9.59 Å². The third-order valence-corrected chi connectivity index (χ3v) is 4.84. The molecule has 1 aromatic carbocycles. The highest BCUT2D eigenvalue weighted by molar-refractivity contribution is 8.00. The van der Waals surface area contributed by atoms with Gasteiger partial charge in [-0.1, -0.05) is 12.1 Å². The average Bonchev–Trinajstić information content (AvgIpc) is 2.99. The lowest BCUT2D eigenvalue weighted by molar-refractivity contribution is -0.136. The molecular formula is C16H21NO4S. The predicted molar refractivity (Wildman–Crippen MR) is 85.3 cm³/mol. The first-order chi connectivity index (χ1) is 10.5. The molecule has 1 aromatic rings. The quantitative estimate of drug-likeness (QED) is 0.814. The first-order valence-electron chi connectivity index (χ1n) is 7.30. The molecule has 2 rings (SSSR count). The molecule has 1 heterocycles. The van der Waals surface area contributed by atoms with E-state index in [0.29, 0.717) is 29.5 Å². The van der Waals surface area contributed by atoms with Gasteiger partial charge in [0.2, 0.25) is 0 Å². The SMILES string of the molecule is CC(Sc1ccccc1C(=O)N(C)CC1CCOC1)C(=O)O. The summed E-state index contributed by atoms with van der Waals surface area (Å²) in [6.45, 7) is 3.74. The van der Waals surface area contributed by atoms with Gasteiger partial charge in [0.1, 0.15) is 5.25 Å². The molecule has 5 nitrogen and oxygen atoms in total. The number of nitrogens with zero attached hydrogens (tertiary/aromatic N) is 1. The molecule has 120 valence electrons. The Kier molecular flexibility index (Phi) is 5.85. The summed E-state index contributed by atoms with van der Waals surface area (Å²) >= 11 is 1.20. The number of aliphatic carboxylic acids is 1. The molecule has 0 aliphatic carbocycles. The molecule has 1 amide bonds. The third-order valence-electron chi connectivity index (χ3n) is 3.67. The van der Waals surface area contributed by atoms with Crippen LogP contribution in [-0.2, 0) is 9.53 Å². The number of hydrogen-bond acceptors (Lipinski definition) is 4. The molecule has 1 N–H and O–H groups in total. The van der Waals surface area contributed by atoms with Crippen molar-refractivity contribution in [1.29, 1.82) is 0 Å². The normalized spacial score (nSPS) is 18.9. The Hall–Kier alpha value is -1.53. The summed E-state index contributed by atoms with van der Waals surface area (Å²) in [4.78, 5) is 26.1. The highest BCUT2D eigenvalue weighted by atomic mass is 32.2. The summed E-state index contributed by atoms with van der Waals surface area (Å²) in [5.74, 6) is -0.581. The Balaban J connectivity index is 2.09. The van der Waals surface area contributed by atoms with E-state index < -0.39 is 11.2 Å². The standard InChI is InChI=1S/C16H21NO4S/c1-11(16(19)20)22-14-6-4-3-5-13(14)15(18)17(2)9-12-7-8-21-10-12/h3-6,11-12H,7-10H2,1-2H3,(H,19,20). The number of amides is 1. The van der Waals surface area contributed by atoms with Gasteiger partial charge in [-0.05, 0) is 25.5 Å². The molecule has 0 saturated carbocycles. The zero-order valence-electron chi connectivity index (χ0n) is 12.8. The van der Waals surface area contributed by atoms with Crippen LogP contribution in [0.15, 0.2) is 29.2 Å². The van der Waals surface area contributed by atoms with E-state index in [1.54, 1.807) is 37.1 Å². The Morgan fingerprint density at radius 2 is 2.18 bits per heavy atom. The number of ether oxygens (including phenoxy) is 1. The molecule has 1 fully saturated rings. The number of benzene rings is 1. The molecule has 0 bridgehead atoms. The lowest BCUT2D eigenvalue weighted by Gasteiger charge is -2.22. The molecule has 1 saturated heterocycles. The van der Waals surface area contributed by atoms with Crippen LogP contribution in [0.2, 0.25) is 0 Å². The second-order valence-electron chi connectivity index (χ2n) is 5.51. The van der Waals surface area contributed by atoms with Crippen molar-refractivity contribution in [3.8, 4) is 0 Å². The van der Waals surface area contributed by atoms with Crippen LogP contribution in [0.25, 0.3) is 0 Å². The van der Waals surface area contributed by atoms with Crippen LogP contribution < -0.4 is 0 Å². The average molecular weight is 323 g/mol. The summed E-state index contributed by atoms with van der Waals surface area (Å²) in [7, 11) is 1.78. The fourth-order valence-corrected chi connectivity index (χ4v) is 3.31. The molecular weight excluding hydrogens is 302 g/mol. The summed E-state index contributed by atoms with van der Waals surface area (Å²) in [5, 5.41) is 8.45. The Labute approximate surface area is 134 Å². The van der Waals surface area contributed by atoms with Crippen molar-refractivity contribution in [2.45, 2.75) is 23.5 Å². The molecule has 1 aliphatic rings. The molecule has 2 unspecified atom stereocenters. The minimum Gasteiger partial charge on any atom is -0.480 e. The van der Waals surface area contributed by atoms with Crippen LogP contribution in [0.3, 0.4) is 0 Å². The summed E-state index contributed by atoms with van der Waals surface area (Å²) < 4.78 is 5.34. The predicted octanol–water partition coefficient (Wildman–Crippen LogP) is 2.36. The summed E-state index contributed by atoms with van der Waals surface area (Å²) in [6.07, 6.45) is 0.976. The van der Waals surface area contributed by atoms with Crippen LogP contribution >= 0.6 is 11.8 Å². The largest absolute Gasteiger partial charge is 0.480 e. The minimum absolute atomic E-state index is 0.0763.